The van der Waals surface area contributed by atoms with E-state index in [-0.39, 0.29) is 11.3 Å². The van der Waals surface area contributed by atoms with Crippen LogP contribution in [0.1, 0.15) is 17.3 Å². The van der Waals surface area contributed by atoms with Crippen molar-refractivity contribution in [2.75, 3.05) is 0 Å². The molecule has 16 heavy (non-hydrogen) atoms. The van der Waals surface area contributed by atoms with Crippen molar-refractivity contribution in [2.45, 2.75) is 12.3 Å². The normalized spacial score (nSPS) is 12.4. The lowest BCUT2D eigenvalue weighted by molar-refractivity contribution is 0.0952. The van der Waals surface area contributed by atoms with Crippen LogP contribution in [-0.2, 0) is 0 Å². The Kier molecular flexibility index (Phi) is 3.15. The van der Waals surface area contributed by atoms with Crippen molar-refractivity contribution in [1.82, 2.24) is 5.32 Å². The van der Waals surface area contributed by atoms with Crippen molar-refractivity contribution >= 4 is 29.3 Å². The first kappa shape index (κ1) is 11.0. The van der Waals surface area contributed by atoms with Crippen LogP contribution in [0.3, 0.4) is 0 Å². The number of amides is 1. The van der Waals surface area contributed by atoms with Crippen molar-refractivity contribution in [2.24, 2.45) is 0 Å². The maximum atomic E-state index is 11.7. The summed E-state index contributed by atoms with van der Waals surface area (Å²) >= 11 is 4.13. The summed E-state index contributed by atoms with van der Waals surface area (Å²) in [7, 11) is 0. The molecule has 1 unspecified atom stereocenters. The van der Waals surface area contributed by atoms with Gasteiger partial charge in [-0.1, -0.05) is 30.3 Å². The molecule has 0 aliphatic rings. The zero-order valence-corrected chi connectivity index (χ0v) is 9.87. The van der Waals surface area contributed by atoms with E-state index < -0.39 is 0 Å². The number of carbonyl (C=O) groups is 1. The molecule has 82 valence electrons. The number of carbonyl (C=O) groups excluding carboxylic acids is 1. The van der Waals surface area contributed by atoms with Crippen LogP contribution in [-0.4, -0.2) is 11.3 Å². The van der Waals surface area contributed by atoms with Gasteiger partial charge in [0.25, 0.3) is 5.91 Å². The minimum atomic E-state index is -0.140. The van der Waals surface area contributed by atoms with Gasteiger partial charge >= 0.3 is 0 Å². The predicted octanol–water partition coefficient (Wildman–Crippen LogP) is 2.85. The third kappa shape index (κ3) is 2.36. The van der Waals surface area contributed by atoms with Gasteiger partial charge in [0.2, 0.25) is 0 Å². The number of benzene rings is 2. The van der Waals surface area contributed by atoms with E-state index in [2.05, 4.69) is 17.9 Å². The van der Waals surface area contributed by atoms with E-state index in [4.69, 9.17) is 0 Å². The van der Waals surface area contributed by atoms with Crippen molar-refractivity contribution in [3.05, 3.63) is 48.0 Å². The Balaban J connectivity index is 2.35. The average Bonchev–Trinajstić information content (AvgIpc) is 2.27. The lowest BCUT2D eigenvalue weighted by Crippen LogP contribution is -2.28. The lowest BCUT2D eigenvalue weighted by Gasteiger charge is -2.08. The van der Waals surface area contributed by atoms with Gasteiger partial charge in [-0.2, -0.15) is 12.6 Å². The second kappa shape index (κ2) is 4.58. The van der Waals surface area contributed by atoms with E-state index in [0.29, 0.717) is 5.56 Å². The second-order valence-corrected chi connectivity index (χ2v) is 4.49. The average molecular weight is 231 g/mol. The van der Waals surface area contributed by atoms with Gasteiger partial charge in [-0.25, -0.2) is 0 Å². The van der Waals surface area contributed by atoms with Crippen molar-refractivity contribution in [1.29, 1.82) is 0 Å². The van der Waals surface area contributed by atoms with Crippen molar-refractivity contribution < 1.29 is 4.79 Å². The fraction of sp³-hybridized carbons (Fsp3) is 0.154. The van der Waals surface area contributed by atoms with Crippen LogP contribution in [0, 0.1) is 0 Å². The monoisotopic (exact) mass is 231 g/mol. The van der Waals surface area contributed by atoms with Gasteiger partial charge in [0.05, 0.1) is 5.37 Å². The van der Waals surface area contributed by atoms with E-state index in [1.54, 1.807) is 0 Å². The molecule has 0 radical (unpaired) electrons. The zero-order valence-electron chi connectivity index (χ0n) is 8.97. The molecule has 3 heteroatoms. The molecular formula is C13H13NOS. The molecule has 0 heterocycles. The van der Waals surface area contributed by atoms with Crippen LogP contribution in [0.5, 0.6) is 0 Å². The Morgan fingerprint density at radius 2 is 1.88 bits per heavy atom. The third-order valence-corrected chi connectivity index (χ3v) is 2.48. The molecule has 2 rings (SSSR count). The van der Waals surface area contributed by atoms with Gasteiger partial charge < -0.3 is 5.32 Å². The van der Waals surface area contributed by atoms with Crippen LogP contribution in [0.2, 0.25) is 0 Å². The van der Waals surface area contributed by atoms with Gasteiger partial charge in [-0.15, -0.1) is 0 Å². The minimum absolute atomic E-state index is 0.0896. The highest BCUT2D eigenvalue weighted by atomic mass is 32.1. The molecule has 0 aliphatic carbocycles. The predicted molar refractivity (Wildman–Crippen MR) is 69.9 cm³/mol. The highest BCUT2D eigenvalue weighted by Gasteiger charge is 2.07. The number of thiol groups is 1. The second-order valence-electron chi connectivity index (χ2n) is 3.71. The highest BCUT2D eigenvalue weighted by molar-refractivity contribution is 7.80. The Hall–Kier alpha value is -1.48. The van der Waals surface area contributed by atoms with Crippen LogP contribution in [0.15, 0.2) is 42.5 Å². The molecule has 1 amide bonds. The van der Waals surface area contributed by atoms with Gasteiger partial charge in [0.1, 0.15) is 0 Å². The molecule has 0 saturated heterocycles. The Morgan fingerprint density at radius 1 is 1.19 bits per heavy atom. The maximum absolute atomic E-state index is 11.7. The van der Waals surface area contributed by atoms with Crippen LogP contribution < -0.4 is 5.32 Å². The van der Waals surface area contributed by atoms with Crippen molar-refractivity contribution in [3.63, 3.8) is 0 Å². The van der Waals surface area contributed by atoms with Gasteiger partial charge in [0.15, 0.2) is 0 Å². The Morgan fingerprint density at radius 3 is 2.56 bits per heavy atom. The lowest BCUT2D eigenvalue weighted by atomic mass is 10.1. The van der Waals surface area contributed by atoms with E-state index in [9.17, 15) is 4.79 Å². The van der Waals surface area contributed by atoms with Crippen LogP contribution in [0.25, 0.3) is 10.8 Å². The Bertz CT molecular complexity index is 522. The van der Waals surface area contributed by atoms with Crippen LogP contribution in [0.4, 0.5) is 0 Å². The molecule has 2 nitrogen and oxygen atoms in total. The summed E-state index contributed by atoms with van der Waals surface area (Å²) in [5.74, 6) is -0.0896. The molecule has 1 N–H and O–H groups in total. The smallest absolute Gasteiger partial charge is 0.252 e. The molecule has 0 saturated carbocycles. The first-order chi connectivity index (χ1) is 7.66. The summed E-state index contributed by atoms with van der Waals surface area (Å²) in [4.78, 5) is 11.7. The standard InChI is InChI=1S/C13H13NOS/c1-9(16)14-13(15)12-7-6-10-4-2-3-5-11(10)8-12/h2-9,16H,1H3,(H,14,15). The van der Waals surface area contributed by atoms with Crippen molar-refractivity contribution in [3.8, 4) is 0 Å². The molecule has 0 fully saturated rings. The molecule has 1 atom stereocenters. The number of rotatable bonds is 2. The molecule has 2 aromatic rings. The first-order valence-corrected chi connectivity index (χ1v) is 5.66. The summed E-state index contributed by atoms with van der Waals surface area (Å²) in [6.45, 7) is 1.82. The largest absolute Gasteiger partial charge is 0.341 e. The van der Waals surface area contributed by atoms with E-state index >= 15 is 0 Å². The fourth-order valence-electron chi connectivity index (χ4n) is 1.60. The molecular weight excluding hydrogens is 218 g/mol. The summed E-state index contributed by atoms with van der Waals surface area (Å²) in [6.07, 6.45) is 0. The van der Waals surface area contributed by atoms with Gasteiger partial charge in [0, 0.05) is 5.56 Å². The quantitative estimate of drug-likeness (QED) is 0.604. The van der Waals surface area contributed by atoms with E-state index in [1.165, 1.54) is 0 Å². The zero-order chi connectivity index (χ0) is 11.5. The summed E-state index contributed by atoms with van der Waals surface area (Å²) in [5.41, 5.74) is 0.666. The highest BCUT2D eigenvalue weighted by Crippen LogP contribution is 2.15. The number of hydrogen-bond donors (Lipinski definition) is 2. The summed E-state index contributed by atoms with van der Waals surface area (Å²) in [5, 5.41) is 4.82. The summed E-state index contributed by atoms with van der Waals surface area (Å²) < 4.78 is 0. The molecule has 0 bridgehead atoms. The van der Waals surface area contributed by atoms with E-state index in [0.717, 1.165) is 10.8 Å². The third-order valence-electron chi connectivity index (χ3n) is 2.35. The molecule has 0 aromatic heterocycles. The SMILES string of the molecule is CC(S)NC(=O)c1ccc2ccccc2c1. The number of nitrogens with one attached hydrogen (secondary N) is 1. The number of fused-ring (bicyclic) bond motifs is 1. The van der Waals surface area contributed by atoms with E-state index in [1.807, 2.05) is 49.4 Å². The molecule has 0 spiro atoms. The fourth-order valence-corrected chi connectivity index (χ4v) is 1.72. The van der Waals surface area contributed by atoms with Gasteiger partial charge in [-0.3, -0.25) is 4.79 Å². The number of hydrogen-bond acceptors (Lipinski definition) is 2. The minimum Gasteiger partial charge on any atom is -0.341 e. The van der Waals surface area contributed by atoms with Crippen LogP contribution >= 0.6 is 12.6 Å². The van der Waals surface area contributed by atoms with Gasteiger partial charge in [-0.05, 0) is 29.8 Å². The maximum Gasteiger partial charge on any atom is 0.252 e. The summed E-state index contributed by atoms with van der Waals surface area (Å²) in [6, 6.07) is 13.6. The Labute approximate surface area is 100 Å². The molecule has 0 aliphatic heterocycles. The topological polar surface area (TPSA) is 29.1 Å². The first-order valence-electron chi connectivity index (χ1n) is 5.14. The molecule has 2 aromatic carbocycles.